The van der Waals surface area contributed by atoms with Crippen LogP contribution in [-0.2, 0) is 10.0 Å². The van der Waals surface area contributed by atoms with E-state index in [9.17, 15) is 12.8 Å². The van der Waals surface area contributed by atoms with E-state index < -0.39 is 15.8 Å². The van der Waals surface area contributed by atoms with E-state index in [1.807, 2.05) is 27.7 Å². The summed E-state index contributed by atoms with van der Waals surface area (Å²) in [5, 5.41) is 0. The van der Waals surface area contributed by atoms with Crippen molar-refractivity contribution in [1.82, 2.24) is 9.21 Å². The van der Waals surface area contributed by atoms with Crippen molar-refractivity contribution in [1.29, 1.82) is 0 Å². The molecule has 0 saturated carbocycles. The maximum atomic E-state index is 14.2. The summed E-state index contributed by atoms with van der Waals surface area (Å²) in [6, 6.07) is 4.27. The van der Waals surface area contributed by atoms with E-state index in [-0.39, 0.29) is 10.8 Å². The number of rotatable bonds is 9. The number of benzene rings is 1. The minimum atomic E-state index is -3.82. The van der Waals surface area contributed by atoms with Crippen molar-refractivity contribution in [3.05, 3.63) is 29.6 Å². The molecule has 0 saturated heterocycles. The highest BCUT2D eigenvalue weighted by Crippen LogP contribution is 2.21. The molecule has 6 heteroatoms. The van der Waals surface area contributed by atoms with Crippen LogP contribution in [0.15, 0.2) is 23.1 Å². The van der Waals surface area contributed by atoms with Gasteiger partial charge >= 0.3 is 0 Å². The minimum absolute atomic E-state index is 0.176. The standard InChI is InChI=1S/C17H29FN2O2S/c1-6-19(7-2)10-11-20(13-14(3)4)23(21,22)17-9-8-15(5)12-16(17)18/h8-9,12,14H,6-7,10-11,13H2,1-5H3. The summed E-state index contributed by atoms with van der Waals surface area (Å²) in [6.07, 6.45) is 0. The predicted molar refractivity (Wildman–Crippen MR) is 92.5 cm³/mol. The van der Waals surface area contributed by atoms with Crippen LogP contribution in [0.4, 0.5) is 4.39 Å². The maximum absolute atomic E-state index is 14.2. The zero-order chi connectivity index (χ0) is 17.6. The lowest BCUT2D eigenvalue weighted by atomic mass is 10.2. The zero-order valence-corrected chi connectivity index (χ0v) is 15.7. The van der Waals surface area contributed by atoms with Gasteiger partial charge in [-0.15, -0.1) is 0 Å². The highest BCUT2D eigenvalue weighted by Gasteiger charge is 2.28. The quantitative estimate of drug-likeness (QED) is 0.691. The smallest absolute Gasteiger partial charge is 0.246 e. The zero-order valence-electron chi connectivity index (χ0n) is 14.8. The molecule has 1 aromatic carbocycles. The third-order valence-electron chi connectivity index (χ3n) is 3.83. The second-order valence-corrected chi connectivity index (χ2v) is 8.12. The molecule has 0 aliphatic rings. The molecular weight excluding hydrogens is 315 g/mol. The van der Waals surface area contributed by atoms with E-state index >= 15 is 0 Å². The Morgan fingerprint density at radius 2 is 1.74 bits per heavy atom. The molecule has 0 radical (unpaired) electrons. The molecule has 0 unspecified atom stereocenters. The molecule has 0 spiro atoms. The van der Waals surface area contributed by atoms with E-state index in [0.717, 1.165) is 13.1 Å². The van der Waals surface area contributed by atoms with E-state index in [4.69, 9.17) is 0 Å². The lowest BCUT2D eigenvalue weighted by molar-refractivity contribution is 0.261. The number of halogens is 1. The summed E-state index contributed by atoms with van der Waals surface area (Å²) in [6.45, 7) is 12.9. The summed E-state index contributed by atoms with van der Waals surface area (Å²) in [7, 11) is -3.82. The Balaban J connectivity index is 3.08. The highest BCUT2D eigenvalue weighted by molar-refractivity contribution is 7.89. The predicted octanol–water partition coefficient (Wildman–Crippen LogP) is 3.12. The normalized spacial score (nSPS) is 12.6. The van der Waals surface area contributed by atoms with Crippen molar-refractivity contribution in [3.8, 4) is 0 Å². The fourth-order valence-electron chi connectivity index (χ4n) is 2.46. The Morgan fingerprint density at radius 3 is 2.22 bits per heavy atom. The third kappa shape index (κ3) is 5.55. The van der Waals surface area contributed by atoms with Gasteiger partial charge in [0, 0.05) is 19.6 Å². The summed E-state index contributed by atoms with van der Waals surface area (Å²) >= 11 is 0. The lowest BCUT2D eigenvalue weighted by Crippen LogP contribution is -2.40. The molecule has 1 aromatic rings. The van der Waals surface area contributed by atoms with Gasteiger partial charge in [0.2, 0.25) is 10.0 Å². The number of sulfonamides is 1. The second-order valence-electron chi connectivity index (χ2n) is 6.22. The molecule has 23 heavy (non-hydrogen) atoms. The Hall–Kier alpha value is -0.980. The number of aryl methyl sites for hydroxylation is 1. The van der Waals surface area contributed by atoms with Gasteiger partial charge in [0.25, 0.3) is 0 Å². The molecule has 0 bridgehead atoms. The molecule has 132 valence electrons. The first-order chi connectivity index (χ1) is 10.7. The minimum Gasteiger partial charge on any atom is -0.303 e. The van der Waals surface area contributed by atoms with Gasteiger partial charge < -0.3 is 4.90 Å². The summed E-state index contributed by atoms with van der Waals surface area (Å²) < 4.78 is 41.3. The van der Waals surface area contributed by atoms with Crippen molar-refractivity contribution in [2.75, 3.05) is 32.7 Å². The SMILES string of the molecule is CCN(CC)CCN(CC(C)C)S(=O)(=O)c1ccc(C)cc1F. The van der Waals surface area contributed by atoms with Crippen LogP contribution >= 0.6 is 0 Å². The average Bonchev–Trinajstić information content (AvgIpc) is 2.46. The number of hydrogen-bond donors (Lipinski definition) is 0. The van der Waals surface area contributed by atoms with Crippen LogP contribution in [0.3, 0.4) is 0 Å². The van der Waals surface area contributed by atoms with Gasteiger partial charge in [0.1, 0.15) is 10.7 Å². The Kier molecular flexibility index (Phi) is 7.64. The lowest BCUT2D eigenvalue weighted by Gasteiger charge is -2.27. The van der Waals surface area contributed by atoms with Gasteiger partial charge in [-0.2, -0.15) is 4.31 Å². The maximum Gasteiger partial charge on any atom is 0.246 e. The van der Waals surface area contributed by atoms with Gasteiger partial charge in [-0.05, 0) is 43.6 Å². The highest BCUT2D eigenvalue weighted by atomic mass is 32.2. The van der Waals surface area contributed by atoms with Gasteiger partial charge in [-0.1, -0.05) is 33.8 Å². The van der Waals surface area contributed by atoms with Crippen LogP contribution in [0.25, 0.3) is 0 Å². The molecule has 0 atom stereocenters. The second kappa shape index (κ2) is 8.76. The molecule has 0 heterocycles. The number of nitrogens with zero attached hydrogens (tertiary/aromatic N) is 2. The van der Waals surface area contributed by atoms with Gasteiger partial charge in [0.05, 0.1) is 0 Å². The molecule has 0 amide bonds. The Labute approximate surface area is 140 Å². The van der Waals surface area contributed by atoms with Gasteiger partial charge in [0.15, 0.2) is 0 Å². The van der Waals surface area contributed by atoms with Crippen molar-refractivity contribution < 1.29 is 12.8 Å². The van der Waals surface area contributed by atoms with Gasteiger partial charge in [-0.25, -0.2) is 12.8 Å². The molecular formula is C17H29FN2O2S. The van der Waals surface area contributed by atoms with E-state index in [2.05, 4.69) is 4.90 Å². The first kappa shape index (κ1) is 20.1. The molecule has 1 rings (SSSR count). The van der Waals surface area contributed by atoms with Crippen molar-refractivity contribution in [3.63, 3.8) is 0 Å². The van der Waals surface area contributed by atoms with Gasteiger partial charge in [-0.3, -0.25) is 0 Å². The van der Waals surface area contributed by atoms with E-state index in [1.54, 1.807) is 13.0 Å². The third-order valence-corrected chi connectivity index (χ3v) is 5.73. The Morgan fingerprint density at radius 1 is 1.13 bits per heavy atom. The van der Waals surface area contributed by atoms with E-state index in [0.29, 0.717) is 25.2 Å². The fraction of sp³-hybridized carbons (Fsp3) is 0.647. The summed E-state index contributed by atoms with van der Waals surface area (Å²) in [4.78, 5) is 1.93. The van der Waals surface area contributed by atoms with Crippen LogP contribution in [0, 0.1) is 18.7 Å². The molecule has 0 aromatic heterocycles. The first-order valence-electron chi connectivity index (χ1n) is 8.21. The largest absolute Gasteiger partial charge is 0.303 e. The van der Waals surface area contributed by atoms with E-state index in [1.165, 1.54) is 16.4 Å². The summed E-state index contributed by atoms with van der Waals surface area (Å²) in [5.74, 6) is -0.503. The van der Waals surface area contributed by atoms with Crippen molar-refractivity contribution >= 4 is 10.0 Å². The first-order valence-corrected chi connectivity index (χ1v) is 9.65. The topological polar surface area (TPSA) is 40.6 Å². The number of likely N-dealkylation sites (N-methyl/N-ethyl adjacent to an activating group) is 1. The molecule has 0 aliphatic heterocycles. The van der Waals surface area contributed by atoms with Crippen LogP contribution in [0.2, 0.25) is 0 Å². The molecule has 0 N–H and O–H groups in total. The molecule has 0 fully saturated rings. The number of hydrogen-bond acceptors (Lipinski definition) is 3. The van der Waals surface area contributed by atoms with Crippen molar-refractivity contribution in [2.24, 2.45) is 5.92 Å². The fourth-order valence-corrected chi connectivity index (χ4v) is 4.10. The van der Waals surface area contributed by atoms with Crippen molar-refractivity contribution in [2.45, 2.75) is 39.5 Å². The van der Waals surface area contributed by atoms with Crippen LogP contribution in [0.1, 0.15) is 33.3 Å². The van der Waals surface area contributed by atoms with Crippen LogP contribution in [0.5, 0.6) is 0 Å². The molecule has 0 aliphatic carbocycles. The molecule has 4 nitrogen and oxygen atoms in total. The van der Waals surface area contributed by atoms with Crippen LogP contribution < -0.4 is 0 Å². The average molecular weight is 344 g/mol. The summed E-state index contributed by atoms with van der Waals surface area (Å²) in [5.41, 5.74) is 0.708. The Bertz CT molecular complexity index is 599. The van der Waals surface area contributed by atoms with Crippen LogP contribution in [-0.4, -0.2) is 50.3 Å². The monoisotopic (exact) mass is 344 g/mol.